The van der Waals surface area contributed by atoms with Gasteiger partial charge in [-0.2, -0.15) is 0 Å². The van der Waals surface area contributed by atoms with Gasteiger partial charge in [-0.25, -0.2) is 4.79 Å². The summed E-state index contributed by atoms with van der Waals surface area (Å²) in [6.07, 6.45) is 5.23. The molecule has 38 heavy (non-hydrogen) atoms. The maximum atomic E-state index is 13.4. The topological polar surface area (TPSA) is 123 Å². The van der Waals surface area contributed by atoms with Crippen LogP contribution in [0, 0.1) is 40.4 Å². The molecule has 0 amide bonds. The van der Waals surface area contributed by atoms with Crippen molar-refractivity contribution in [2.45, 2.75) is 96.7 Å². The third-order valence-electron chi connectivity index (χ3n) is 11.9. The summed E-state index contributed by atoms with van der Waals surface area (Å²) >= 11 is 0. The van der Waals surface area contributed by atoms with Crippen molar-refractivity contribution in [1.29, 1.82) is 0 Å². The Hall–Kier alpha value is -2.03. The van der Waals surface area contributed by atoms with Crippen molar-refractivity contribution in [1.82, 2.24) is 0 Å². The second-order valence-electron chi connectivity index (χ2n) is 13.3. The molecule has 4 aliphatic carbocycles. The molecule has 6 rings (SSSR count). The van der Waals surface area contributed by atoms with E-state index in [0.29, 0.717) is 18.4 Å². The van der Waals surface area contributed by atoms with Crippen molar-refractivity contribution in [3.63, 3.8) is 0 Å². The predicted molar refractivity (Wildman–Crippen MR) is 135 cm³/mol. The fourth-order valence-corrected chi connectivity index (χ4v) is 10.1. The van der Waals surface area contributed by atoms with Crippen LogP contribution in [0.1, 0.15) is 66.7 Å². The molecule has 208 valence electrons. The van der Waals surface area contributed by atoms with Gasteiger partial charge in [0, 0.05) is 25.2 Å². The molecule has 0 aromatic rings. The average Bonchev–Trinajstić information content (AvgIpc) is 3.51. The number of aliphatic hydroxyl groups is 2. The minimum atomic E-state index is -0.821. The Morgan fingerprint density at radius 2 is 1.97 bits per heavy atom. The second kappa shape index (κ2) is 8.48. The van der Waals surface area contributed by atoms with Crippen LogP contribution >= 0.6 is 0 Å². The lowest BCUT2D eigenvalue weighted by Gasteiger charge is -2.58. The molecule has 0 unspecified atom stereocenters. The molecule has 0 aromatic carbocycles. The van der Waals surface area contributed by atoms with Crippen molar-refractivity contribution in [2.24, 2.45) is 40.4 Å². The number of allylic oxidation sites excluding steroid dienone is 1. The van der Waals surface area contributed by atoms with Gasteiger partial charge in [0.2, 0.25) is 0 Å². The van der Waals surface area contributed by atoms with Crippen LogP contribution in [0.4, 0.5) is 0 Å². The summed E-state index contributed by atoms with van der Waals surface area (Å²) in [6, 6.07) is 0. The predicted octanol–water partition coefficient (Wildman–Crippen LogP) is 2.89. The molecule has 0 radical (unpaired) electrons. The summed E-state index contributed by atoms with van der Waals surface area (Å²) < 4.78 is 18.1. The van der Waals surface area contributed by atoms with Gasteiger partial charge in [0.05, 0.1) is 23.7 Å². The number of ketones is 1. The molecular weight excluding hydrogens is 488 g/mol. The van der Waals surface area contributed by atoms with Crippen molar-refractivity contribution in [3.05, 3.63) is 23.3 Å². The van der Waals surface area contributed by atoms with E-state index in [0.717, 1.165) is 24.8 Å². The van der Waals surface area contributed by atoms with Crippen LogP contribution in [0.15, 0.2) is 23.3 Å². The third-order valence-corrected chi connectivity index (χ3v) is 11.9. The molecule has 8 nitrogen and oxygen atoms in total. The van der Waals surface area contributed by atoms with Crippen molar-refractivity contribution < 1.29 is 38.8 Å². The van der Waals surface area contributed by atoms with E-state index in [9.17, 15) is 24.6 Å². The fourth-order valence-electron chi connectivity index (χ4n) is 10.1. The van der Waals surface area contributed by atoms with E-state index in [1.165, 1.54) is 6.92 Å². The number of epoxide rings is 1. The van der Waals surface area contributed by atoms with Crippen LogP contribution in [0.2, 0.25) is 0 Å². The zero-order valence-corrected chi connectivity index (χ0v) is 22.9. The molecular formula is C30H40O8. The zero-order valence-electron chi connectivity index (χ0n) is 22.9. The highest BCUT2D eigenvalue weighted by atomic mass is 16.6. The number of rotatable bonds is 4. The minimum absolute atomic E-state index is 0.0224. The van der Waals surface area contributed by atoms with Crippen LogP contribution in [0.25, 0.3) is 0 Å². The van der Waals surface area contributed by atoms with Gasteiger partial charge in [0.25, 0.3) is 0 Å². The molecule has 8 heteroatoms. The maximum Gasteiger partial charge on any atom is 0.336 e. The van der Waals surface area contributed by atoms with E-state index in [2.05, 4.69) is 13.8 Å². The third kappa shape index (κ3) is 3.23. The Morgan fingerprint density at radius 1 is 1.24 bits per heavy atom. The number of carbonyl (C=O) groups excluding carboxylic acids is 3. The molecule has 1 saturated heterocycles. The number of fused-ring (bicyclic) bond motifs is 4. The number of esters is 2. The van der Waals surface area contributed by atoms with Gasteiger partial charge < -0.3 is 24.4 Å². The summed E-state index contributed by atoms with van der Waals surface area (Å²) in [7, 11) is 0. The lowest BCUT2D eigenvalue weighted by atomic mass is 9.44. The SMILES string of the molecule is CC(=O)O[C@@H]1C[C@H]2[C@@H]3C[C@H]4O[C@]45[C@@H](O)C=CC(=O)[C@]5(C)[C@H]3CC[C@]2(C)[C@H]1[C@H](C)[C@H]1CC(C)=C(CO)C(=O)O1. The maximum absolute atomic E-state index is 13.4. The van der Waals surface area contributed by atoms with Crippen molar-refractivity contribution in [2.75, 3.05) is 6.61 Å². The zero-order chi connectivity index (χ0) is 27.4. The summed E-state index contributed by atoms with van der Waals surface area (Å²) in [5.41, 5.74) is -0.605. The quantitative estimate of drug-likeness (QED) is 0.422. The molecule has 2 N–H and O–H groups in total. The molecule has 6 aliphatic rings. The summed E-state index contributed by atoms with van der Waals surface area (Å²) in [5.74, 6) is -0.355. The monoisotopic (exact) mass is 528 g/mol. The van der Waals surface area contributed by atoms with Crippen molar-refractivity contribution in [3.8, 4) is 0 Å². The first-order valence-electron chi connectivity index (χ1n) is 14.2. The lowest BCUT2D eigenvalue weighted by molar-refractivity contribution is -0.162. The molecule has 0 aromatic heterocycles. The first-order valence-corrected chi connectivity index (χ1v) is 14.2. The van der Waals surface area contributed by atoms with Crippen LogP contribution < -0.4 is 0 Å². The Kier molecular flexibility index (Phi) is 5.85. The summed E-state index contributed by atoms with van der Waals surface area (Å²) in [5, 5.41) is 20.5. The Morgan fingerprint density at radius 3 is 2.63 bits per heavy atom. The van der Waals surface area contributed by atoms with Gasteiger partial charge in [-0.3, -0.25) is 9.59 Å². The first-order chi connectivity index (χ1) is 17.9. The molecule has 1 spiro atoms. The van der Waals surface area contributed by atoms with E-state index in [1.807, 2.05) is 13.8 Å². The molecule has 0 bridgehead atoms. The van der Waals surface area contributed by atoms with Crippen LogP contribution in [-0.4, -0.2) is 64.6 Å². The Balaban J connectivity index is 1.34. The summed E-state index contributed by atoms with van der Waals surface area (Å²) in [6.45, 7) is 9.36. The molecule has 12 atom stereocenters. The van der Waals surface area contributed by atoms with E-state index >= 15 is 0 Å². The van der Waals surface area contributed by atoms with Gasteiger partial charge in [0.1, 0.15) is 23.9 Å². The lowest BCUT2D eigenvalue weighted by Crippen LogP contribution is -2.63. The minimum Gasteiger partial charge on any atom is -0.462 e. The second-order valence-corrected chi connectivity index (χ2v) is 13.3. The van der Waals surface area contributed by atoms with E-state index in [4.69, 9.17) is 14.2 Å². The highest BCUT2D eigenvalue weighted by molar-refractivity contribution is 5.98. The molecule has 2 aliphatic heterocycles. The fraction of sp³-hybridized carbons (Fsp3) is 0.767. The summed E-state index contributed by atoms with van der Waals surface area (Å²) in [4.78, 5) is 38.3. The number of hydrogen-bond acceptors (Lipinski definition) is 8. The van der Waals surface area contributed by atoms with Gasteiger partial charge in [0.15, 0.2) is 5.78 Å². The molecule has 4 fully saturated rings. The molecule has 3 saturated carbocycles. The highest BCUT2D eigenvalue weighted by Crippen LogP contribution is 2.73. The van der Waals surface area contributed by atoms with E-state index < -0.39 is 23.1 Å². The van der Waals surface area contributed by atoms with E-state index in [1.54, 1.807) is 12.2 Å². The number of carbonyl (C=O) groups is 3. The Bertz CT molecular complexity index is 1140. The molecule has 2 heterocycles. The number of hydrogen-bond donors (Lipinski definition) is 2. The van der Waals surface area contributed by atoms with Gasteiger partial charge >= 0.3 is 11.9 Å². The normalized spacial score (nSPS) is 49.9. The smallest absolute Gasteiger partial charge is 0.336 e. The largest absolute Gasteiger partial charge is 0.462 e. The first kappa shape index (κ1) is 26.2. The van der Waals surface area contributed by atoms with Crippen molar-refractivity contribution >= 4 is 17.7 Å². The van der Waals surface area contributed by atoms with Crippen LogP contribution in [0.5, 0.6) is 0 Å². The number of cyclic esters (lactones) is 1. The Labute approximate surface area is 223 Å². The van der Waals surface area contributed by atoms with E-state index in [-0.39, 0.29) is 71.7 Å². The van der Waals surface area contributed by atoms with Gasteiger partial charge in [-0.05, 0) is 74.9 Å². The standard InChI is InChI=1S/C30H40O8/c1-14-10-21(37-27(35)18(14)13-31)15(2)26-22(36-16(3)32)12-20-17-11-25-30(38-25)24(34)7-6-23(33)29(30,5)19(17)8-9-28(20,26)4/h6-7,15,17,19-22,24-26,31,34H,8-13H2,1-5H3/t15-,17-,19+,20+,21-,22-,24+,25-,26+,28+,29+,30-/m1/s1. The van der Waals surface area contributed by atoms with Crippen LogP contribution in [-0.2, 0) is 28.6 Å². The number of ether oxygens (including phenoxy) is 3. The van der Waals surface area contributed by atoms with Gasteiger partial charge in [-0.15, -0.1) is 0 Å². The number of aliphatic hydroxyl groups excluding tert-OH is 2. The average molecular weight is 529 g/mol. The van der Waals surface area contributed by atoms with Crippen LogP contribution in [0.3, 0.4) is 0 Å². The highest BCUT2D eigenvalue weighted by Gasteiger charge is 2.80. The van der Waals surface area contributed by atoms with Gasteiger partial charge in [-0.1, -0.05) is 19.4 Å².